The first-order valence-corrected chi connectivity index (χ1v) is 6.17. The van der Waals surface area contributed by atoms with Crippen molar-refractivity contribution in [1.82, 2.24) is 0 Å². The third kappa shape index (κ3) is 1.73. The monoisotopic (exact) mass is 229 g/mol. The summed E-state index contributed by atoms with van der Waals surface area (Å²) in [6.07, 6.45) is 4.34. The van der Waals surface area contributed by atoms with E-state index >= 15 is 0 Å². The van der Waals surface area contributed by atoms with Gasteiger partial charge in [0.2, 0.25) is 0 Å². The molecule has 2 heteroatoms. The molecule has 1 saturated carbocycles. The molecule has 0 spiro atoms. The Balaban J connectivity index is 2.25. The summed E-state index contributed by atoms with van der Waals surface area (Å²) in [4.78, 5) is 0. The average molecular weight is 229 g/mol. The van der Waals surface area contributed by atoms with Gasteiger partial charge in [0.1, 0.15) is 5.82 Å². The fraction of sp³-hybridized carbons (Fsp3) is 0.333. The molecule has 1 fully saturated rings. The molecule has 2 aromatic rings. The fourth-order valence-electron chi connectivity index (χ4n) is 2.95. The maximum Gasteiger partial charge on any atom is 0.123 e. The van der Waals surface area contributed by atoms with Gasteiger partial charge in [0, 0.05) is 5.54 Å². The number of benzene rings is 2. The van der Waals surface area contributed by atoms with E-state index in [1.165, 1.54) is 18.9 Å². The molecule has 0 atom stereocenters. The molecule has 2 aromatic carbocycles. The number of hydrogen-bond donors (Lipinski definition) is 1. The molecule has 88 valence electrons. The lowest BCUT2D eigenvalue weighted by atomic mass is 9.86. The van der Waals surface area contributed by atoms with Crippen LogP contribution < -0.4 is 5.73 Å². The topological polar surface area (TPSA) is 26.0 Å². The summed E-state index contributed by atoms with van der Waals surface area (Å²) in [5, 5.41) is 2.04. The molecule has 0 amide bonds. The lowest BCUT2D eigenvalue weighted by molar-refractivity contribution is 0.465. The van der Waals surface area contributed by atoms with Gasteiger partial charge in [-0.1, -0.05) is 37.1 Å². The molecule has 0 radical (unpaired) electrons. The minimum Gasteiger partial charge on any atom is -0.321 e. The second kappa shape index (κ2) is 3.81. The van der Waals surface area contributed by atoms with Crippen molar-refractivity contribution in [3.63, 3.8) is 0 Å². The van der Waals surface area contributed by atoms with E-state index in [-0.39, 0.29) is 11.4 Å². The molecule has 0 saturated heterocycles. The maximum absolute atomic E-state index is 13.4. The molecule has 0 bridgehead atoms. The first kappa shape index (κ1) is 10.7. The zero-order chi connectivity index (χ0) is 11.9. The van der Waals surface area contributed by atoms with Crippen LogP contribution in [0.2, 0.25) is 0 Å². The Morgan fingerprint density at radius 3 is 2.59 bits per heavy atom. The van der Waals surface area contributed by atoms with Crippen molar-refractivity contribution in [1.29, 1.82) is 0 Å². The molecule has 1 aliphatic carbocycles. The van der Waals surface area contributed by atoms with Crippen LogP contribution in [0.1, 0.15) is 31.2 Å². The van der Waals surface area contributed by atoms with Crippen LogP contribution in [-0.4, -0.2) is 0 Å². The van der Waals surface area contributed by atoms with Crippen molar-refractivity contribution < 1.29 is 4.39 Å². The van der Waals surface area contributed by atoms with Gasteiger partial charge in [0.05, 0.1) is 0 Å². The summed E-state index contributed by atoms with van der Waals surface area (Å²) in [7, 11) is 0. The molecule has 3 rings (SSSR count). The lowest BCUT2D eigenvalue weighted by Gasteiger charge is -2.25. The smallest absolute Gasteiger partial charge is 0.123 e. The average Bonchev–Trinajstić information content (AvgIpc) is 2.76. The van der Waals surface area contributed by atoms with E-state index in [0.29, 0.717) is 0 Å². The van der Waals surface area contributed by atoms with Gasteiger partial charge in [-0.25, -0.2) is 4.39 Å². The number of rotatable bonds is 1. The summed E-state index contributed by atoms with van der Waals surface area (Å²) < 4.78 is 13.4. The predicted molar refractivity (Wildman–Crippen MR) is 68.2 cm³/mol. The normalized spacial score (nSPS) is 18.7. The first-order chi connectivity index (χ1) is 8.19. The van der Waals surface area contributed by atoms with Gasteiger partial charge in [-0.2, -0.15) is 0 Å². The summed E-state index contributed by atoms with van der Waals surface area (Å²) in [6, 6.07) is 11.0. The molecule has 1 aliphatic rings. The minimum absolute atomic E-state index is 0.188. The van der Waals surface area contributed by atoms with E-state index in [9.17, 15) is 4.39 Å². The zero-order valence-corrected chi connectivity index (χ0v) is 9.75. The van der Waals surface area contributed by atoms with E-state index in [2.05, 4.69) is 0 Å². The highest BCUT2D eigenvalue weighted by atomic mass is 19.1. The molecule has 0 heterocycles. The molecule has 17 heavy (non-hydrogen) atoms. The van der Waals surface area contributed by atoms with Gasteiger partial charge in [-0.3, -0.25) is 0 Å². The van der Waals surface area contributed by atoms with E-state index in [4.69, 9.17) is 5.73 Å². The summed E-state index contributed by atoms with van der Waals surface area (Å²) in [6.45, 7) is 0. The van der Waals surface area contributed by atoms with Crippen LogP contribution in [0, 0.1) is 5.82 Å². The van der Waals surface area contributed by atoms with E-state index < -0.39 is 0 Å². The Morgan fingerprint density at radius 1 is 1.06 bits per heavy atom. The van der Waals surface area contributed by atoms with Gasteiger partial charge in [0.25, 0.3) is 0 Å². The van der Waals surface area contributed by atoms with Gasteiger partial charge >= 0.3 is 0 Å². The second-order valence-electron chi connectivity index (χ2n) is 5.03. The van der Waals surface area contributed by atoms with E-state index in [1.807, 2.05) is 24.3 Å². The predicted octanol–water partition coefficient (Wildman–Crippen LogP) is 3.71. The van der Waals surface area contributed by atoms with Gasteiger partial charge < -0.3 is 5.73 Å². The molecular weight excluding hydrogens is 213 g/mol. The highest BCUT2D eigenvalue weighted by Crippen LogP contribution is 2.39. The molecular formula is C15H16FN. The molecule has 2 N–H and O–H groups in total. The summed E-state index contributed by atoms with van der Waals surface area (Å²) in [5.41, 5.74) is 7.32. The van der Waals surface area contributed by atoms with E-state index in [0.717, 1.165) is 29.2 Å². The van der Waals surface area contributed by atoms with Crippen molar-refractivity contribution in [2.45, 2.75) is 31.2 Å². The quantitative estimate of drug-likeness (QED) is 0.792. The number of nitrogens with two attached hydrogens (primary N) is 1. The van der Waals surface area contributed by atoms with Gasteiger partial charge in [-0.05, 0) is 41.3 Å². The first-order valence-electron chi connectivity index (χ1n) is 6.17. The Bertz CT molecular complexity index is 556. The Kier molecular flexibility index (Phi) is 2.40. The molecule has 0 unspecified atom stereocenters. The van der Waals surface area contributed by atoms with Gasteiger partial charge in [0.15, 0.2) is 0 Å². The lowest BCUT2D eigenvalue weighted by Crippen LogP contribution is -2.33. The van der Waals surface area contributed by atoms with Crippen LogP contribution in [0.25, 0.3) is 10.8 Å². The fourth-order valence-corrected chi connectivity index (χ4v) is 2.95. The van der Waals surface area contributed by atoms with Crippen molar-refractivity contribution in [3.05, 3.63) is 47.8 Å². The largest absolute Gasteiger partial charge is 0.321 e. The second-order valence-corrected chi connectivity index (χ2v) is 5.03. The maximum atomic E-state index is 13.4. The van der Waals surface area contributed by atoms with Gasteiger partial charge in [-0.15, -0.1) is 0 Å². The van der Waals surface area contributed by atoms with Crippen LogP contribution in [0.15, 0.2) is 36.4 Å². The Labute approximate surface area is 100 Å². The van der Waals surface area contributed by atoms with Crippen molar-refractivity contribution in [2.24, 2.45) is 5.73 Å². The third-order valence-electron chi connectivity index (χ3n) is 3.88. The Hall–Kier alpha value is -1.41. The molecule has 1 nitrogen and oxygen atoms in total. The van der Waals surface area contributed by atoms with Crippen molar-refractivity contribution in [2.75, 3.05) is 0 Å². The SMILES string of the molecule is NC1(c2cccc3ccc(F)cc23)CCCC1. The highest BCUT2D eigenvalue weighted by molar-refractivity contribution is 5.86. The standard InChI is InChI=1S/C15H16FN/c16-12-7-6-11-4-3-5-14(13(11)10-12)15(17)8-1-2-9-15/h3-7,10H,1-2,8-9,17H2. The van der Waals surface area contributed by atoms with E-state index in [1.54, 1.807) is 6.07 Å². The van der Waals surface area contributed by atoms with Crippen LogP contribution in [0.5, 0.6) is 0 Å². The van der Waals surface area contributed by atoms with Crippen LogP contribution >= 0.6 is 0 Å². The summed E-state index contributed by atoms with van der Waals surface area (Å²) >= 11 is 0. The molecule has 0 aromatic heterocycles. The van der Waals surface area contributed by atoms with Crippen LogP contribution in [-0.2, 0) is 5.54 Å². The molecule has 0 aliphatic heterocycles. The number of fused-ring (bicyclic) bond motifs is 1. The van der Waals surface area contributed by atoms with Crippen LogP contribution in [0.3, 0.4) is 0 Å². The van der Waals surface area contributed by atoms with Crippen molar-refractivity contribution >= 4 is 10.8 Å². The highest BCUT2D eigenvalue weighted by Gasteiger charge is 2.32. The van der Waals surface area contributed by atoms with Crippen molar-refractivity contribution in [3.8, 4) is 0 Å². The Morgan fingerprint density at radius 2 is 1.82 bits per heavy atom. The van der Waals surface area contributed by atoms with Crippen LogP contribution in [0.4, 0.5) is 4.39 Å². The third-order valence-corrected chi connectivity index (χ3v) is 3.88. The zero-order valence-electron chi connectivity index (χ0n) is 9.75. The summed E-state index contributed by atoms with van der Waals surface area (Å²) in [5.74, 6) is -0.188. The minimum atomic E-state index is -0.257. The number of halogens is 1. The number of hydrogen-bond acceptors (Lipinski definition) is 1.